The molecule has 0 spiro atoms. The molecule has 0 amide bonds. The molecule has 0 aromatic carbocycles. The first-order chi connectivity index (χ1) is 2.00. The molecule has 0 heterocycles. The molecule has 0 aliphatic heterocycles. The van der Waals surface area contributed by atoms with Crippen LogP contribution < -0.4 is 0 Å². The van der Waals surface area contributed by atoms with E-state index in [1.807, 2.05) is 0 Å². The molecule has 0 fully saturated rings. The second kappa shape index (κ2) is 1.66. The molecule has 0 bridgehead atoms. The van der Waals surface area contributed by atoms with Crippen molar-refractivity contribution < 1.29 is 16.9 Å². The van der Waals surface area contributed by atoms with Gasteiger partial charge in [0.1, 0.15) is 0 Å². The number of hydrogen-bond donors (Lipinski definition) is 0. The van der Waals surface area contributed by atoms with Crippen LogP contribution in [0.3, 0.4) is 0 Å². The first-order valence-corrected chi connectivity index (χ1v) is 11.4. The predicted octanol–water partition coefficient (Wildman–Crippen LogP) is 1.84. The van der Waals surface area contributed by atoms with Gasteiger partial charge in [-0.25, -0.2) is 0 Å². The fourth-order valence-corrected chi connectivity index (χ4v) is 0. The number of hydrogen-bond acceptors (Lipinski definition) is 1. The van der Waals surface area contributed by atoms with E-state index < -0.39 is 13.5 Å². The van der Waals surface area contributed by atoms with Crippen molar-refractivity contribution in [1.82, 2.24) is 0 Å². The first-order valence-electron chi connectivity index (χ1n) is 0.818. The molecule has 1 nitrogen and oxygen atoms in total. The van der Waals surface area contributed by atoms with Crippen LogP contribution in [-0.4, -0.2) is 0 Å². The van der Waals surface area contributed by atoms with Crippen LogP contribution in [0.25, 0.3) is 0 Å². The van der Waals surface area contributed by atoms with Crippen LogP contribution >= 0.6 is 19.1 Å². The van der Waals surface area contributed by atoms with Crippen LogP contribution in [0.15, 0.2) is 0 Å². The van der Waals surface area contributed by atoms with E-state index in [1.54, 1.807) is 0 Å². The van der Waals surface area contributed by atoms with E-state index in [1.165, 1.54) is 5.40 Å². The summed E-state index contributed by atoms with van der Waals surface area (Å²) in [5.41, 5.74) is 0. The molecule has 0 aliphatic carbocycles. The Hall–Kier alpha value is 1.04. The molecule has 5 heavy (non-hydrogen) atoms. The molecule has 0 aromatic heterocycles. The second-order valence-electron chi connectivity index (χ2n) is 0.611. The monoisotopic (exact) mass is 288 g/mol. The molecule has 0 rings (SSSR count). The van der Waals surface area contributed by atoms with Crippen LogP contribution in [-0.2, 0) is 16.9 Å². The Balaban J connectivity index is 3.47. The van der Waals surface area contributed by atoms with Crippen LogP contribution in [0.2, 0.25) is 5.40 Å². The fourth-order valence-electron chi connectivity index (χ4n) is 0. The van der Waals surface area contributed by atoms with Gasteiger partial charge in [0.2, 0.25) is 0 Å². The fraction of sp³-hybridized carbons (Fsp3) is 1.00. The Labute approximate surface area is 41.5 Å². The average Bonchev–Trinajstić information content (AvgIpc) is 0.722. The maximum absolute atomic E-state index is 9.84. The summed E-state index contributed by atoms with van der Waals surface area (Å²) in [7, 11) is 9.88. The molecule has 34 valence electrons. The van der Waals surface area contributed by atoms with E-state index in [9.17, 15) is 3.47 Å². The molecule has 0 atom stereocenters. The van der Waals surface area contributed by atoms with Gasteiger partial charge < -0.3 is 0 Å². The Kier molecular flexibility index (Phi) is 2.01. The molecule has 0 saturated carbocycles. The third kappa shape index (κ3) is 43.0. The molecular weight excluding hydrogens is 285 g/mol. The van der Waals surface area contributed by atoms with Gasteiger partial charge in [0, 0.05) is 0 Å². The van der Waals surface area contributed by atoms with Gasteiger partial charge in [-0.3, -0.25) is 0 Å². The van der Waals surface area contributed by atoms with Gasteiger partial charge >= 0.3 is 41.4 Å². The van der Waals surface area contributed by atoms with Gasteiger partial charge in [0.05, 0.1) is 0 Å². The normalized spacial score (nSPS) is 15.0. The minimum atomic E-state index is -3.42. The summed E-state index contributed by atoms with van der Waals surface area (Å²) in [6.07, 6.45) is 0. The van der Waals surface area contributed by atoms with E-state index in [2.05, 4.69) is 0 Å². The van der Waals surface area contributed by atoms with Gasteiger partial charge in [-0.15, -0.1) is 0 Å². The van der Waals surface area contributed by atoms with Gasteiger partial charge in [0.25, 0.3) is 0 Å². The van der Waals surface area contributed by atoms with E-state index in [-0.39, 0.29) is 0 Å². The molecular formula is CH3Cl2ORe. The van der Waals surface area contributed by atoms with Crippen molar-refractivity contribution in [2.75, 3.05) is 0 Å². The molecule has 0 unspecified atom stereocenters. The zero-order valence-electron chi connectivity index (χ0n) is 2.54. The van der Waals surface area contributed by atoms with Crippen molar-refractivity contribution in [3.63, 3.8) is 0 Å². The predicted molar refractivity (Wildman–Crippen MR) is 18.3 cm³/mol. The summed E-state index contributed by atoms with van der Waals surface area (Å²) in [6.45, 7) is 0. The van der Waals surface area contributed by atoms with Crippen molar-refractivity contribution in [3.05, 3.63) is 0 Å². The SMILES string of the molecule is [CH3][Re](=[O])([Cl])[Cl]. The summed E-state index contributed by atoms with van der Waals surface area (Å²) in [6, 6.07) is 0. The zero-order chi connectivity index (χ0) is 4.50. The summed E-state index contributed by atoms with van der Waals surface area (Å²) >= 11 is -3.42. The van der Waals surface area contributed by atoms with E-state index in [0.29, 0.717) is 0 Å². The van der Waals surface area contributed by atoms with Gasteiger partial charge in [-0.05, 0) is 0 Å². The minimum absolute atomic E-state index is 1.36. The van der Waals surface area contributed by atoms with Crippen LogP contribution in [0.5, 0.6) is 0 Å². The zero-order valence-corrected chi connectivity index (χ0v) is 6.77. The Morgan fingerprint density at radius 3 is 1.60 bits per heavy atom. The Bertz CT molecular complexity index is 55.8. The first kappa shape index (κ1) is 6.04. The standard InChI is InChI=1S/CH3.2ClH.O.Re/h1H3;2*1H;;/q;;;;+2/p-2. The van der Waals surface area contributed by atoms with Gasteiger partial charge in [0.15, 0.2) is 0 Å². The Morgan fingerprint density at radius 1 is 1.60 bits per heavy atom. The quantitative estimate of drug-likeness (QED) is 0.665. The third-order valence-corrected chi connectivity index (χ3v) is 0. The van der Waals surface area contributed by atoms with Crippen LogP contribution in [0.1, 0.15) is 0 Å². The molecule has 0 saturated heterocycles. The van der Waals surface area contributed by atoms with E-state index >= 15 is 0 Å². The van der Waals surface area contributed by atoms with Crippen LogP contribution in [0.4, 0.5) is 0 Å². The topological polar surface area (TPSA) is 17.1 Å². The molecule has 0 aliphatic rings. The van der Waals surface area contributed by atoms with Crippen molar-refractivity contribution >= 4 is 19.1 Å². The molecule has 0 N–H and O–H groups in total. The average molecular weight is 288 g/mol. The second-order valence-corrected chi connectivity index (χ2v) is 15.1. The van der Waals surface area contributed by atoms with Crippen molar-refractivity contribution in [3.8, 4) is 0 Å². The van der Waals surface area contributed by atoms with Crippen LogP contribution in [0, 0.1) is 0 Å². The molecule has 0 aromatic rings. The van der Waals surface area contributed by atoms with Gasteiger partial charge in [-0.1, -0.05) is 0 Å². The summed E-state index contributed by atoms with van der Waals surface area (Å²) in [5.74, 6) is 0. The molecule has 4 heteroatoms. The van der Waals surface area contributed by atoms with Crippen molar-refractivity contribution in [2.45, 2.75) is 5.40 Å². The van der Waals surface area contributed by atoms with E-state index in [4.69, 9.17) is 19.1 Å². The third-order valence-electron chi connectivity index (χ3n) is 0. The number of rotatable bonds is 0. The maximum atomic E-state index is 9.84. The summed E-state index contributed by atoms with van der Waals surface area (Å²) < 4.78 is 9.84. The van der Waals surface area contributed by atoms with E-state index in [0.717, 1.165) is 0 Å². The number of halogens is 2. The Morgan fingerprint density at radius 2 is 1.60 bits per heavy atom. The van der Waals surface area contributed by atoms with Crippen molar-refractivity contribution in [2.24, 2.45) is 0 Å². The van der Waals surface area contributed by atoms with Gasteiger partial charge in [-0.2, -0.15) is 0 Å². The molecule has 0 radical (unpaired) electrons. The summed E-state index contributed by atoms with van der Waals surface area (Å²) in [4.78, 5) is 0. The summed E-state index contributed by atoms with van der Waals surface area (Å²) in [5, 5.41) is 1.36. The van der Waals surface area contributed by atoms with Crippen molar-refractivity contribution in [1.29, 1.82) is 0 Å².